The second-order valence-corrected chi connectivity index (χ2v) is 2.64. The van der Waals surface area contributed by atoms with Gasteiger partial charge in [-0.2, -0.15) is 0 Å². The standard InChI is InChI=1S/C5H12N2O2S/c1-8-4(9-2)3-10-5(6)7/h4H,3H2,1-2H3,(H3,6,7). The maximum atomic E-state index is 6.87. The maximum absolute atomic E-state index is 6.87. The van der Waals surface area contributed by atoms with Crippen LogP contribution in [0.1, 0.15) is 0 Å². The van der Waals surface area contributed by atoms with E-state index in [1.165, 1.54) is 11.8 Å². The molecule has 0 heterocycles. The Bertz CT molecular complexity index is 106. The molecule has 0 aliphatic carbocycles. The zero-order chi connectivity index (χ0) is 7.98. The van der Waals surface area contributed by atoms with Gasteiger partial charge in [-0.1, -0.05) is 11.8 Å². The molecule has 0 spiro atoms. The van der Waals surface area contributed by atoms with Crippen molar-refractivity contribution in [2.24, 2.45) is 5.73 Å². The SMILES string of the molecule is COC(CSC(=N)N)OC. The Morgan fingerprint density at radius 1 is 1.60 bits per heavy atom. The highest BCUT2D eigenvalue weighted by molar-refractivity contribution is 8.13. The Balaban J connectivity index is 3.34. The van der Waals surface area contributed by atoms with Gasteiger partial charge in [0, 0.05) is 14.2 Å². The van der Waals surface area contributed by atoms with Crippen molar-refractivity contribution >= 4 is 16.9 Å². The number of nitrogens with one attached hydrogen (secondary N) is 1. The Morgan fingerprint density at radius 2 is 2.10 bits per heavy atom. The van der Waals surface area contributed by atoms with Crippen molar-refractivity contribution in [2.75, 3.05) is 20.0 Å². The molecular formula is C5H12N2O2S. The first-order valence-corrected chi connectivity index (χ1v) is 3.71. The molecule has 10 heavy (non-hydrogen) atoms. The molecule has 0 fully saturated rings. The highest BCUT2D eigenvalue weighted by Crippen LogP contribution is 2.03. The van der Waals surface area contributed by atoms with Crippen LogP contribution in [0.4, 0.5) is 0 Å². The van der Waals surface area contributed by atoms with E-state index < -0.39 is 0 Å². The van der Waals surface area contributed by atoms with Gasteiger partial charge in [-0.15, -0.1) is 0 Å². The zero-order valence-electron chi connectivity index (χ0n) is 6.09. The van der Waals surface area contributed by atoms with E-state index >= 15 is 0 Å². The molecule has 0 saturated carbocycles. The van der Waals surface area contributed by atoms with E-state index in [0.29, 0.717) is 5.75 Å². The minimum absolute atomic E-state index is 0.0825. The smallest absolute Gasteiger partial charge is 0.166 e. The fourth-order valence-corrected chi connectivity index (χ4v) is 0.978. The molecule has 0 radical (unpaired) electrons. The fraction of sp³-hybridized carbons (Fsp3) is 0.800. The monoisotopic (exact) mass is 164 g/mol. The minimum atomic E-state index is -0.270. The number of methoxy groups -OCH3 is 2. The minimum Gasteiger partial charge on any atom is -0.379 e. The van der Waals surface area contributed by atoms with E-state index in [0.717, 1.165) is 0 Å². The van der Waals surface area contributed by atoms with E-state index in [1.54, 1.807) is 14.2 Å². The van der Waals surface area contributed by atoms with Crippen LogP contribution in [-0.4, -0.2) is 31.4 Å². The first-order valence-electron chi connectivity index (χ1n) is 2.73. The molecule has 60 valence electrons. The van der Waals surface area contributed by atoms with Gasteiger partial charge >= 0.3 is 0 Å². The summed E-state index contributed by atoms with van der Waals surface area (Å²) in [5, 5.41) is 6.95. The lowest BCUT2D eigenvalue weighted by Crippen LogP contribution is -2.18. The second kappa shape index (κ2) is 5.52. The quantitative estimate of drug-likeness (QED) is 0.354. The Morgan fingerprint density at radius 3 is 2.40 bits per heavy atom. The van der Waals surface area contributed by atoms with Crippen LogP contribution in [0.15, 0.2) is 0 Å². The van der Waals surface area contributed by atoms with Gasteiger partial charge in [0.15, 0.2) is 11.5 Å². The summed E-state index contributed by atoms with van der Waals surface area (Å²) in [7, 11) is 3.10. The normalized spacial score (nSPS) is 10.3. The van der Waals surface area contributed by atoms with Crippen LogP contribution >= 0.6 is 11.8 Å². The van der Waals surface area contributed by atoms with Crippen molar-refractivity contribution in [2.45, 2.75) is 6.29 Å². The topological polar surface area (TPSA) is 68.3 Å². The summed E-state index contributed by atoms with van der Waals surface area (Å²) in [6.07, 6.45) is -0.270. The van der Waals surface area contributed by atoms with Crippen molar-refractivity contribution < 1.29 is 9.47 Å². The second-order valence-electron chi connectivity index (χ2n) is 1.58. The van der Waals surface area contributed by atoms with Gasteiger partial charge in [-0.25, -0.2) is 0 Å². The van der Waals surface area contributed by atoms with Crippen LogP contribution in [0, 0.1) is 5.41 Å². The molecule has 0 saturated heterocycles. The van der Waals surface area contributed by atoms with E-state index in [2.05, 4.69) is 0 Å². The molecule has 4 nitrogen and oxygen atoms in total. The van der Waals surface area contributed by atoms with E-state index in [-0.39, 0.29) is 11.5 Å². The number of ether oxygens (including phenoxy) is 2. The molecule has 0 amide bonds. The molecular weight excluding hydrogens is 152 g/mol. The van der Waals surface area contributed by atoms with E-state index in [9.17, 15) is 0 Å². The average Bonchev–Trinajstić information content (AvgIpc) is 1.90. The molecule has 0 rings (SSSR count). The van der Waals surface area contributed by atoms with Crippen LogP contribution in [0.5, 0.6) is 0 Å². The molecule has 0 atom stereocenters. The average molecular weight is 164 g/mol. The predicted octanol–water partition coefficient (Wildman–Crippen LogP) is 0.232. The van der Waals surface area contributed by atoms with E-state index in [4.69, 9.17) is 20.6 Å². The Kier molecular flexibility index (Phi) is 5.38. The number of hydrogen-bond acceptors (Lipinski definition) is 4. The molecule has 0 aliphatic rings. The summed E-state index contributed by atoms with van der Waals surface area (Å²) in [5.74, 6) is 0.558. The number of nitrogens with two attached hydrogens (primary N) is 1. The van der Waals surface area contributed by atoms with Gasteiger partial charge in [-0.3, -0.25) is 5.41 Å². The Hall–Kier alpha value is -0.260. The van der Waals surface area contributed by atoms with Gasteiger partial charge in [0.05, 0.1) is 5.75 Å². The van der Waals surface area contributed by atoms with Crippen molar-refractivity contribution in [1.29, 1.82) is 5.41 Å². The molecule has 0 bridgehead atoms. The van der Waals surface area contributed by atoms with Gasteiger partial charge < -0.3 is 15.2 Å². The van der Waals surface area contributed by atoms with Crippen LogP contribution < -0.4 is 5.73 Å². The summed E-state index contributed by atoms with van der Waals surface area (Å²) in [6, 6.07) is 0. The number of hydrogen-bond donors (Lipinski definition) is 2. The molecule has 0 aromatic rings. The highest BCUT2D eigenvalue weighted by atomic mass is 32.2. The summed E-state index contributed by atoms with van der Waals surface area (Å²) in [4.78, 5) is 0. The third-order valence-corrected chi connectivity index (χ3v) is 1.65. The lowest BCUT2D eigenvalue weighted by Gasteiger charge is -2.11. The molecule has 0 aromatic carbocycles. The third kappa shape index (κ3) is 4.60. The maximum Gasteiger partial charge on any atom is 0.166 e. The number of thioether (sulfide) groups is 1. The summed E-state index contributed by atoms with van der Waals surface area (Å²) in [5.41, 5.74) is 5.09. The zero-order valence-corrected chi connectivity index (χ0v) is 6.90. The van der Waals surface area contributed by atoms with Crippen molar-refractivity contribution in [1.82, 2.24) is 0 Å². The van der Waals surface area contributed by atoms with E-state index in [1.807, 2.05) is 0 Å². The lowest BCUT2D eigenvalue weighted by atomic mass is 10.7. The summed E-state index contributed by atoms with van der Waals surface area (Å²) < 4.78 is 9.71. The van der Waals surface area contributed by atoms with Gasteiger partial charge in [0.25, 0.3) is 0 Å². The Labute approximate surface area is 64.6 Å². The lowest BCUT2D eigenvalue weighted by molar-refractivity contribution is -0.0841. The van der Waals surface area contributed by atoms with Crippen molar-refractivity contribution in [3.8, 4) is 0 Å². The van der Waals surface area contributed by atoms with Crippen molar-refractivity contribution in [3.63, 3.8) is 0 Å². The van der Waals surface area contributed by atoms with Crippen LogP contribution in [0.3, 0.4) is 0 Å². The van der Waals surface area contributed by atoms with Crippen molar-refractivity contribution in [3.05, 3.63) is 0 Å². The summed E-state index contributed by atoms with van der Waals surface area (Å²) >= 11 is 1.20. The molecule has 3 N–H and O–H groups in total. The fourth-order valence-electron chi connectivity index (χ4n) is 0.390. The molecule has 5 heteroatoms. The van der Waals surface area contributed by atoms with Crippen LogP contribution in [0.25, 0.3) is 0 Å². The highest BCUT2D eigenvalue weighted by Gasteiger charge is 2.04. The van der Waals surface area contributed by atoms with Crippen LogP contribution in [-0.2, 0) is 9.47 Å². The van der Waals surface area contributed by atoms with Gasteiger partial charge in [0.2, 0.25) is 0 Å². The number of amidine groups is 1. The molecule has 0 aromatic heterocycles. The number of rotatable bonds is 4. The molecule has 0 aliphatic heterocycles. The largest absolute Gasteiger partial charge is 0.379 e. The van der Waals surface area contributed by atoms with Crippen LogP contribution in [0.2, 0.25) is 0 Å². The predicted molar refractivity (Wildman–Crippen MR) is 42.2 cm³/mol. The van der Waals surface area contributed by atoms with Gasteiger partial charge in [-0.05, 0) is 0 Å². The van der Waals surface area contributed by atoms with Gasteiger partial charge in [0.1, 0.15) is 0 Å². The molecule has 0 unspecified atom stereocenters. The first kappa shape index (κ1) is 9.74. The third-order valence-electron chi connectivity index (χ3n) is 0.901. The summed E-state index contributed by atoms with van der Waals surface area (Å²) in [6.45, 7) is 0. The first-order chi connectivity index (χ1) is 4.70.